The highest BCUT2D eigenvalue weighted by Crippen LogP contribution is 2.26. The number of morpholine rings is 1. The minimum atomic E-state index is -0.150. The molecule has 1 aromatic carbocycles. The number of ether oxygens (including phenoxy) is 1. The number of aromatic nitrogens is 1. The lowest BCUT2D eigenvalue weighted by Crippen LogP contribution is -2.44. The number of nitrogens with one attached hydrogen (secondary N) is 1. The minimum absolute atomic E-state index is 0.125. The van der Waals surface area contributed by atoms with Crippen LogP contribution in [-0.2, 0) is 4.74 Å². The molecule has 124 valence electrons. The molecule has 2 aromatic heterocycles. The molecule has 7 heteroatoms. The summed E-state index contributed by atoms with van der Waals surface area (Å²) in [4.78, 5) is 18.6. The number of thiazole rings is 1. The zero-order valence-electron chi connectivity index (χ0n) is 13.2. The minimum Gasteiger partial charge on any atom is -0.464 e. The second kappa shape index (κ2) is 6.26. The third-order valence-electron chi connectivity index (χ3n) is 4.10. The molecule has 0 radical (unpaired) electrons. The smallest absolute Gasteiger partial charge is 0.322 e. The van der Waals surface area contributed by atoms with Crippen LogP contribution < -0.4 is 5.32 Å². The van der Waals surface area contributed by atoms with Crippen LogP contribution >= 0.6 is 11.3 Å². The lowest BCUT2D eigenvalue weighted by atomic mass is 10.2. The summed E-state index contributed by atoms with van der Waals surface area (Å²) >= 11 is 1.55. The third kappa shape index (κ3) is 2.88. The molecule has 1 saturated heterocycles. The van der Waals surface area contributed by atoms with Gasteiger partial charge in [0.15, 0.2) is 0 Å². The molecule has 1 fully saturated rings. The molecule has 3 heterocycles. The molecular weight excluding hydrogens is 326 g/mol. The molecular formula is C17H17N3O3S. The van der Waals surface area contributed by atoms with Crippen LogP contribution in [0.3, 0.4) is 0 Å². The number of fused-ring (bicyclic) bond motifs is 1. The van der Waals surface area contributed by atoms with E-state index in [1.54, 1.807) is 28.7 Å². The fourth-order valence-corrected chi connectivity index (χ4v) is 3.49. The monoisotopic (exact) mass is 343 g/mol. The van der Waals surface area contributed by atoms with Gasteiger partial charge in [-0.25, -0.2) is 9.78 Å². The number of anilines is 1. The summed E-state index contributed by atoms with van der Waals surface area (Å²) in [6.45, 7) is 3.57. The van der Waals surface area contributed by atoms with Crippen LogP contribution in [0.1, 0.15) is 16.7 Å². The first-order valence-corrected chi connectivity index (χ1v) is 8.63. The summed E-state index contributed by atoms with van der Waals surface area (Å²) < 4.78 is 11.2. The Morgan fingerprint density at radius 1 is 1.46 bits per heavy atom. The molecule has 0 aliphatic carbocycles. The van der Waals surface area contributed by atoms with Gasteiger partial charge in [-0.3, -0.25) is 0 Å². The summed E-state index contributed by atoms with van der Waals surface area (Å²) in [5, 5.41) is 6.79. The van der Waals surface area contributed by atoms with Crippen LogP contribution in [0.4, 0.5) is 10.5 Å². The molecule has 1 aliphatic rings. The zero-order valence-corrected chi connectivity index (χ0v) is 14.0. The van der Waals surface area contributed by atoms with E-state index in [2.05, 4.69) is 10.3 Å². The fourth-order valence-electron chi connectivity index (χ4n) is 2.81. The molecule has 1 unspecified atom stereocenters. The first kappa shape index (κ1) is 15.2. The molecule has 1 aliphatic heterocycles. The highest BCUT2D eigenvalue weighted by molar-refractivity contribution is 7.09. The van der Waals surface area contributed by atoms with Gasteiger partial charge in [0.2, 0.25) is 0 Å². The van der Waals surface area contributed by atoms with Gasteiger partial charge in [-0.05, 0) is 30.7 Å². The number of urea groups is 1. The van der Waals surface area contributed by atoms with Gasteiger partial charge >= 0.3 is 6.03 Å². The van der Waals surface area contributed by atoms with Crippen molar-refractivity contribution < 1.29 is 13.9 Å². The van der Waals surface area contributed by atoms with Gasteiger partial charge in [0.1, 0.15) is 16.7 Å². The van der Waals surface area contributed by atoms with Gasteiger partial charge in [-0.2, -0.15) is 0 Å². The average molecular weight is 343 g/mol. The molecule has 0 saturated carbocycles. The van der Waals surface area contributed by atoms with Crippen molar-refractivity contribution in [1.29, 1.82) is 0 Å². The van der Waals surface area contributed by atoms with Gasteiger partial charge in [-0.1, -0.05) is 0 Å². The van der Waals surface area contributed by atoms with Gasteiger partial charge in [-0.15, -0.1) is 11.3 Å². The summed E-state index contributed by atoms with van der Waals surface area (Å²) in [5.74, 6) is 0. The Morgan fingerprint density at radius 3 is 3.21 bits per heavy atom. The Hall–Kier alpha value is -2.38. The second-order valence-electron chi connectivity index (χ2n) is 5.74. The van der Waals surface area contributed by atoms with Gasteiger partial charge in [0.25, 0.3) is 0 Å². The van der Waals surface area contributed by atoms with E-state index in [-0.39, 0.29) is 12.1 Å². The van der Waals surface area contributed by atoms with Crippen LogP contribution in [0, 0.1) is 6.92 Å². The first-order valence-electron chi connectivity index (χ1n) is 7.75. The fraction of sp³-hybridized carbons (Fsp3) is 0.294. The van der Waals surface area contributed by atoms with Crippen LogP contribution in [0.2, 0.25) is 0 Å². The van der Waals surface area contributed by atoms with Crippen molar-refractivity contribution in [3.63, 3.8) is 0 Å². The highest BCUT2D eigenvalue weighted by Gasteiger charge is 2.27. The van der Waals surface area contributed by atoms with Crippen molar-refractivity contribution >= 4 is 34.0 Å². The molecule has 0 spiro atoms. The zero-order chi connectivity index (χ0) is 16.5. The lowest BCUT2D eigenvalue weighted by molar-refractivity contribution is -0.0135. The predicted octanol–water partition coefficient (Wildman–Crippen LogP) is 3.80. The van der Waals surface area contributed by atoms with Crippen LogP contribution in [0.15, 0.2) is 40.5 Å². The molecule has 1 N–H and O–H groups in total. The molecule has 4 rings (SSSR count). The van der Waals surface area contributed by atoms with E-state index in [1.165, 1.54) is 0 Å². The van der Waals surface area contributed by atoms with Gasteiger partial charge in [0.05, 0.1) is 19.4 Å². The number of carbonyl (C=O) groups excluding carboxylic acids is 1. The topological polar surface area (TPSA) is 67.6 Å². The number of rotatable bonds is 2. The van der Waals surface area contributed by atoms with Crippen molar-refractivity contribution in [2.75, 3.05) is 25.0 Å². The third-order valence-corrected chi connectivity index (χ3v) is 4.97. The molecule has 2 amide bonds. The molecule has 6 nitrogen and oxygen atoms in total. The lowest BCUT2D eigenvalue weighted by Gasteiger charge is -2.32. The van der Waals surface area contributed by atoms with Crippen LogP contribution in [0.5, 0.6) is 0 Å². The van der Waals surface area contributed by atoms with Crippen molar-refractivity contribution in [1.82, 2.24) is 9.88 Å². The highest BCUT2D eigenvalue weighted by atomic mass is 32.1. The molecule has 3 aromatic rings. The maximum absolute atomic E-state index is 12.6. The maximum atomic E-state index is 12.6. The number of hydrogen-bond donors (Lipinski definition) is 1. The standard InChI is InChI=1S/C17H17N3O3S/c1-11-10-23-14-3-2-12(8-13(11)14)19-17(21)20-5-6-22-15(9-20)16-18-4-7-24-16/h2-4,7-8,10,15H,5-6,9H2,1H3,(H,19,21). The number of amides is 2. The van der Waals surface area contributed by atoms with Crippen LogP contribution in [0.25, 0.3) is 11.0 Å². The normalized spacial score (nSPS) is 18.0. The van der Waals surface area contributed by atoms with E-state index in [9.17, 15) is 4.79 Å². The molecule has 0 bridgehead atoms. The average Bonchev–Trinajstić information content (AvgIpc) is 3.26. The maximum Gasteiger partial charge on any atom is 0.322 e. The number of nitrogens with zero attached hydrogens (tertiary/aromatic N) is 2. The number of benzene rings is 1. The number of aryl methyl sites for hydroxylation is 1. The van der Waals surface area contributed by atoms with E-state index in [0.29, 0.717) is 19.7 Å². The summed E-state index contributed by atoms with van der Waals surface area (Å²) in [6.07, 6.45) is 3.32. The largest absolute Gasteiger partial charge is 0.464 e. The van der Waals surface area contributed by atoms with Gasteiger partial charge in [0, 0.05) is 29.2 Å². The van der Waals surface area contributed by atoms with Crippen molar-refractivity contribution in [2.45, 2.75) is 13.0 Å². The quantitative estimate of drug-likeness (QED) is 0.768. The summed E-state index contributed by atoms with van der Waals surface area (Å²) in [6, 6.07) is 5.53. The molecule has 1 atom stereocenters. The van der Waals surface area contributed by atoms with E-state index < -0.39 is 0 Å². The predicted molar refractivity (Wildman–Crippen MR) is 92.3 cm³/mol. The number of carbonyl (C=O) groups is 1. The molecule has 24 heavy (non-hydrogen) atoms. The Labute approximate surface area is 143 Å². The van der Waals surface area contributed by atoms with Crippen molar-refractivity contribution in [2.24, 2.45) is 0 Å². The Kier molecular flexibility index (Phi) is 3.95. The Bertz CT molecular complexity index is 859. The summed E-state index contributed by atoms with van der Waals surface area (Å²) in [7, 11) is 0. The Balaban J connectivity index is 1.47. The van der Waals surface area contributed by atoms with Crippen LogP contribution in [-0.4, -0.2) is 35.6 Å². The summed E-state index contributed by atoms with van der Waals surface area (Å²) in [5.41, 5.74) is 2.63. The van der Waals surface area contributed by atoms with Crippen molar-refractivity contribution in [3.8, 4) is 0 Å². The van der Waals surface area contributed by atoms with E-state index >= 15 is 0 Å². The van der Waals surface area contributed by atoms with Crippen molar-refractivity contribution in [3.05, 3.63) is 46.6 Å². The van der Waals surface area contributed by atoms with E-state index in [1.807, 2.05) is 30.5 Å². The number of hydrogen-bond acceptors (Lipinski definition) is 5. The second-order valence-corrected chi connectivity index (χ2v) is 6.66. The Morgan fingerprint density at radius 2 is 2.38 bits per heavy atom. The first-order chi connectivity index (χ1) is 11.7. The SMILES string of the molecule is Cc1coc2ccc(NC(=O)N3CCOC(c4nccs4)C3)cc12. The van der Waals surface area contributed by atoms with E-state index in [4.69, 9.17) is 9.15 Å². The van der Waals surface area contributed by atoms with Gasteiger partial charge < -0.3 is 19.4 Å². The number of furan rings is 1. The van der Waals surface area contributed by atoms with E-state index in [0.717, 1.165) is 27.2 Å².